The lowest BCUT2D eigenvalue weighted by Gasteiger charge is -2.37. The molecule has 0 unspecified atom stereocenters. The highest BCUT2D eigenvalue weighted by molar-refractivity contribution is 6.34. The van der Waals surface area contributed by atoms with Crippen molar-refractivity contribution < 1.29 is 18.5 Å². The quantitative estimate of drug-likeness (QED) is 0.395. The maximum atomic E-state index is 14.7. The van der Waals surface area contributed by atoms with Gasteiger partial charge in [-0.1, -0.05) is 37.5 Å². The molecule has 1 aliphatic heterocycles. The second-order valence-electron chi connectivity index (χ2n) is 9.25. The number of fused-ring (bicyclic) bond motifs is 1. The maximum Gasteiger partial charge on any atom is 0.329 e. The Kier molecular flexibility index (Phi) is 6.77. The van der Waals surface area contributed by atoms with Gasteiger partial charge in [-0.05, 0) is 19.1 Å². The highest BCUT2D eigenvalue weighted by atomic mass is 35.5. The number of benzene rings is 1. The molecule has 4 rings (SSSR count). The van der Waals surface area contributed by atoms with Gasteiger partial charge in [0, 0.05) is 42.9 Å². The van der Waals surface area contributed by atoms with Crippen LogP contribution in [0.5, 0.6) is 0 Å². The number of rotatable bonds is 5. The molecule has 12 heteroatoms. The van der Waals surface area contributed by atoms with Gasteiger partial charge in [-0.25, -0.2) is 19.0 Å². The molecule has 3 heterocycles. The average Bonchev–Trinajstić information content (AvgIpc) is 3.29. The number of hydrogen-bond donors (Lipinski definition) is 3. The van der Waals surface area contributed by atoms with Crippen LogP contribution in [0.15, 0.2) is 35.0 Å². The molecule has 0 spiro atoms. The van der Waals surface area contributed by atoms with Gasteiger partial charge in [0.1, 0.15) is 11.6 Å². The molecule has 0 bridgehead atoms. The molecule has 4 amide bonds. The van der Waals surface area contributed by atoms with Crippen LogP contribution in [0.25, 0.3) is 0 Å². The largest absolute Gasteiger partial charge is 0.373 e. The Hall–Kier alpha value is -3.86. The average molecular weight is 516 g/mol. The Balaban J connectivity index is 1.59. The molecule has 0 saturated heterocycles. The third kappa shape index (κ3) is 4.92. The summed E-state index contributed by atoms with van der Waals surface area (Å²) in [5.41, 5.74) is 1.99. The number of aromatic nitrogens is 2. The number of urea groups is 2. The van der Waals surface area contributed by atoms with Gasteiger partial charge in [0.2, 0.25) is 5.88 Å². The summed E-state index contributed by atoms with van der Waals surface area (Å²) in [4.78, 5) is 33.2. The second kappa shape index (κ2) is 9.65. The third-order valence-electron chi connectivity index (χ3n) is 5.71. The minimum absolute atomic E-state index is 0.0242. The van der Waals surface area contributed by atoms with E-state index < -0.39 is 11.8 Å². The summed E-state index contributed by atoms with van der Waals surface area (Å²) < 4.78 is 19.9. The van der Waals surface area contributed by atoms with E-state index in [1.54, 1.807) is 30.3 Å². The van der Waals surface area contributed by atoms with Gasteiger partial charge in [-0.3, -0.25) is 15.1 Å². The van der Waals surface area contributed by atoms with E-state index in [0.717, 1.165) is 17.3 Å². The number of pyridine rings is 1. The zero-order valence-electron chi connectivity index (χ0n) is 20.6. The van der Waals surface area contributed by atoms with Crippen molar-refractivity contribution in [3.63, 3.8) is 0 Å². The van der Waals surface area contributed by atoms with Crippen LogP contribution in [-0.4, -0.2) is 35.8 Å². The second-order valence-corrected chi connectivity index (χ2v) is 9.66. The van der Waals surface area contributed by atoms with Crippen LogP contribution < -0.4 is 25.8 Å². The van der Waals surface area contributed by atoms with Crippen molar-refractivity contribution in [3.8, 4) is 0 Å². The Morgan fingerprint density at radius 1 is 1.19 bits per heavy atom. The lowest BCUT2D eigenvalue weighted by Crippen LogP contribution is -2.47. The molecular weight excluding hydrogens is 489 g/mol. The summed E-state index contributed by atoms with van der Waals surface area (Å²) in [5, 5.41) is 11.9. The monoisotopic (exact) mass is 515 g/mol. The Morgan fingerprint density at radius 3 is 2.58 bits per heavy atom. The van der Waals surface area contributed by atoms with Crippen LogP contribution in [0.3, 0.4) is 0 Å². The zero-order chi connectivity index (χ0) is 26.2. The molecule has 0 aliphatic carbocycles. The first-order valence-corrected chi connectivity index (χ1v) is 11.7. The zero-order valence-corrected chi connectivity index (χ0v) is 21.3. The summed E-state index contributed by atoms with van der Waals surface area (Å²) in [5.74, 6) is -0.0154. The number of amides is 4. The Bertz CT molecular complexity index is 1320. The predicted molar refractivity (Wildman–Crippen MR) is 138 cm³/mol. The molecule has 190 valence electrons. The topological polar surface area (TPSA) is 116 Å². The first kappa shape index (κ1) is 25.2. The molecule has 1 aromatic carbocycles. The van der Waals surface area contributed by atoms with Gasteiger partial charge >= 0.3 is 12.1 Å². The molecule has 0 saturated carbocycles. The van der Waals surface area contributed by atoms with Crippen LogP contribution in [0.2, 0.25) is 5.02 Å². The molecule has 0 fully saturated rings. The number of carbonyl (C=O) groups excluding carboxylic acids is 2. The van der Waals surface area contributed by atoms with Crippen molar-refractivity contribution in [2.45, 2.75) is 39.7 Å². The maximum absolute atomic E-state index is 14.7. The van der Waals surface area contributed by atoms with E-state index >= 15 is 0 Å². The minimum atomic E-state index is -0.760. The van der Waals surface area contributed by atoms with Crippen molar-refractivity contribution in [1.29, 1.82) is 0 Å². The lowest BCUT2D eigenvalue weighted by molar-refractivity contribution is 0.250. The lowest BCUT2D eigenvalue weighted by atomic mass is 9.92. The summed E-state index contributed by atoms with van der Waals surface area (Å²) in [6.45, 7) is 8.28. The van der Waals surface area contributed by atoms with Crippen LogP contribution in [-0.2, 0) is 12.0 Å². The number of anilines is 5. The van der Waals surface area contributed by atoms with E-state index in [1.807, 2.05) is 27.7 Å². The van der Waals surface area contributed by atoms with Gasteiger partial charge < -0.3 is 15.2 Å². The van der Waals surface area contributed by atoms with E-state index in [2.05, 4.69) is 26.1 Å². The third-order valence-corrected chi connectivity index (χ3v) is 6.01. The number of carbonyl (C=O) groups is 2. The van der Waals surface area contributed by atoms with E-state index in [9.17, 15) is 14.0 Å². The van der Waals surface area contributed by atoms with Gasteiger partial charge in [0.15, 0.2) is 0 Å². The minimum Gasteiger partial charge on any atom is -0.373 e. The summed E-state index contributed by atoms with van der Waals surface area (Å²) in [6.07, 6.45) is 1.68. The molecule has 3 N–H and O–H groups in total. The predicted octanol–water partition coefficient (Wildman–Crippen LogP) is 5.81. The van der Waals surface area contributed by atoms with Crippen LogP contribution in [0, 0.1) is 5.82 Å². The standard InChI is InChI=1S/C24H27ClFN7O3/c1-6-32-17-9-20(27-5)28-11-13(17)12-33(23(32)35)18-8-16(15(26)7-14(18)25)29-22(34)30-21-10-19(31-36-21)24(2,3)4/h7-11H,6,12H2,1-5H3,(H,27,28)(H2,29,30,34). The Morgan fingerprint density at radius 2 is 1.94 bits per heavy atom. The van der Waals surface area contributed by atoms with Crippen LogP contribution in [0.4, 0.5) is 42.7 Å². The van der Waals surface area contributed by atoms with Crippen LogP contribution in [0.1, 0.15) is 39.0 Å². The summed E-state index contributed by atoms with van der Waals surface area (Å²) >= 11 is 6.35. The van der Waals surface area contributed by atoms with Crippen molar-refractivity contribution in [2.24, 2.45) is 0 Å². The van der Waals surface area contributed by atoms with Gasteiger partial charge in [-0.15, -0.1) is 0 Å². The number of nitrogens with one attached hydrogen (secondary N) is 3. The van der Waals surface area contributed by atoms with E-state index in [0.29, 0.717) is 18.1 Å². The molecular formula is C24H27ClFN7O3. The van der Waals surface area contributed by atoms with Crippen molar-refractivity contribution in [2.75, 3.05) is 39.3 Å². The van der Waals surface area contributed by atoms with Crippen molar-refractivity contribution in [1.82, 2.24) is 10.1 Å². The summed E-state index contributed by atoms with van der Waals surface area (Å²) in [7, 11) is 1.75. The van der Waals surface area contributed by atoms with Crippen LogP contribution >= 0.6 is 11.6 Å². The first-order valence-electron chi connectivity index (χ1n) is 11.3. The normalized spacial score (nSPS) is 13.5. The summed E-state index contributed by atoms with van der Waals surface area (Å²) in [6, 6.07) is 4.70. The number of hydrogen-bond acceptors (Lipinski definition) is 6. The highest BCUT2D eigenvalue weighted by Crippen LogP contribution is 2.38. The SMILES string of the molecule is CCN1C(=O)N(c2cc(NC(=O)Nc3cc(C(C)(C)C)no3)c(F)cc2Cl)Cc2cnc(NC)cc21. The fraction of sp³-hybridized carbons (Fsp3) is 0.333. The van der Waals surface area contributed by atoms with E-state index in [1.165, 1.54) is 11.0 Å². The molecule has 2 aromatic heterocycles. The number of nitrogens with zero attached hydrogens (tertiary/aromatic N) is 4. The highest BCUT2D eigenvalue weighted by Gasteiger charge is 2.32. The smallest absolute Gasteiger partial charge is 0.329 e. The van der Waals surface area contributed by atoms with Crippen molar-refractivity contribution >= 4 is 52.4 Å². The molecule has 36 heavy (non-hydrogen) atoms. The Labute approximate surface area is 212 Å². The van der Waals surface area contributed by atoms with E-state index in [-0.39, 0.29) is 40.3 Å². The molecule has 3 aromatic rings. The van der Waals surface area contributed by atoms with Crippen molar-refractivity contribution in [3.05, 3.63) is 52.6 Å². The van der Waals surface area contributed by atoms with Gasteiger partial charge in [0.25, 0.3) is 0 Å². The molecule has 1 aliphatic rings. The van der Waals surface area contributed by atoms with E-state index in [4.69, 9.17) is 16.1 Å². The molecule has 10 nitrogen and oxygen atoms in total. The van der Waals surface area contributed by atoms with Gasteiger partial charge in [-0.2, -0.15) is 0 Å². The number of halogens is 2. The first-order chi connectivity index (χ1) is 17.0. The fourth-order valence-electron chi connectivity index (χ4n) is 3.76. The fourth-order valence-corrected chi connectivity index (χ4v) is 4.01. The van der Waals surface area contributed by atoms with Gasteiger partial charge in [0.05, 0.1) is 34.3 Å². The molecule has 0 atom stereocenters. The molecule has 0 radical (unpaired) electrons.